The molecule has 48 heavy (non-hydrogen) atoms. The fourth-order valence-electron chi connectivity index (χ4n) is 5.21. The van der Waals surface area contributed by atoms with Gasteiger partial charge in [0.1, 0.15) is 0 Å². The molecule has 4 rings (SSSR count). The monoisotopic (exact) mass is 669 g/mol. The maximum Gasteiger partial charge on any atom is 0.342 e. The molecule has 0 radical (unpaired) electrons. The highest BCUT2D eigenvalue weighted by molar-refractivity contribution is 5.97. The number of allylic oxidation sites excluding steroid dienone is 6. The van der Waals surface area contributed by atoms with Crippen molar-refractivity contribution in [3.63, 3.8) is 0 Å². The summed E-state index contributed by atoms with van der Waals surface area (Å²) in [5.41, 5.74) is -0.651. The molecule has 18 nitrogen and oxygen atoms in total. The third-order valence-corrected chi connectivity index (χ3v) is 8.01. The highest BCUT2D eigenvalue weighted by atomic mass is 16.5. The number of carbonyl (C=O) groups excluding carboxylic acids is 6. The zero-order chi connectivity index (χ0) is 34.6. The van der Waals surface area contributed by atoms with E-state index in [4.69, 9.17) is 0 Å². The molecule has 4 aliphatic rings. The second-order valence-electron chi connectivity index (χ2n) is 11.2. The lowest BCUT2D eigenvalue weighted by molar-refractivity contribution is -0.712. The van der Waals surface area contributed by atoms with E-state index in [0.717, 1.165) is 18.2 Å². The number of quaternary nitrogens is 3. The first-order valence-electron chi connectivity index (χ1n) is 15.5. The van der Waals surface area contributed by atoms with Crippen molar-refractivity contribution in [2.45, 2.75) is 0 Å². The van der Waals surface area contributed by atoms with E-state index in [1.807, 2.05) is 0 Å². The van der Waals surface area contributed by atoms with E-state index < -0.39 is 50.6 Å². The fraction of sp³-hybridized carbons (Fsp3) is 0.400. The molecule has 0 aromatic rings. The first kappa shape index (κ1) is 36.3. The molecule has 3 atom stereocenters. The lowest BCUT2D eigenvalue weighted by atomic mass is 10.2. The second kappa shape index (κ2) is 17.6. The molecule has 6 N–H and O–H groups in total. The summed E-state index contributed by atoms with van der Waals surface area (Å²) < 4.78 is 0. The highest BCUT2D eigenvalue weighted by Gasteiger charge is 2.26. The van der Waals surface area contributed by atoms with Gasteiger partial charge >= 0.3 is 35.4 Å². The molecule has 0 saturated carbocycles. The van der Waals surface area contributed by atoms with Crippen molar-refractivity contribution in [1.29, 1.82) is 0 Å². The molecule has 1 saturated heterocycles. The Hall–Kier alpha value is -4.50. The Balaban J connectivity index is 1.32. The molecule has 0 bridgehead atoms. The van der Waals surface area contributed by atoms with Gasteiger partial charge in [-0.3, -0.25) is 44.3 Å². The molecule has 4 aliphatic heterocycles. The first-order chi connectivity index (χ1) is 23.0. The van der Waals surface area contributed by atoms with Crippen molar-refractivity contribution in [2.75, 3.05) is 78.5 Å². The van der Waals surface area contributed by atoms with E-state index in [9.17, 15) is 44.4 Å². The Labute approximate surface area is 276 Å². The van der Waals surface area contributed by atoms with Crippen molar-refractivity contribution in [1.82, 2.24) is 30.7 Å². The predicted molar refractivity (Wildman–Crippen MR) is 168 cm³/mol. The van der Waals surface area contributed by atoms with Gasteiger partial charge in [0.25, 0.3) is 0 Å². The van der Waals surface area contributed by atoms with Crippen LogP contribution in [0.1, 0.15) is 0 Å². The Morgan fingerprint density at radius 1 is 0.521 bits per heavy atom. The molecule has 3 unspecified atom stereocenters. The number of hydroxylamine groups is 6. The zero-order valence-corrected chi connectivity index (χ0v) is 26.2. The van der Waals surface area contributed by atoms with Crippen LogP contribution in [0.2, 0.25) is 0 Å². The first-order valence-corrected chi connectivity index (χ1v) is 15.5. The zero-order valence-electron chi connectivity index (χ0n) is 26.2. The fourth-order valence-corrected chi connectivity index (χ4v) is 5.21. The Kier molecular flexibility index (Phi) is 13.3. The van der Waals surface area contributed by atoms with Crippen molar-refractivity contribution in [3.05, 3.63) is 87.4 Å². The van der Waals surface area contributed by atoms with Crippen molar-refractivity contribution in [3.8, 4) is 0 Å². The minimum Gasteiger partial charge on any atom is -0.621 e. The van der Waals surface area contributed by atoms with Gasteiger partial charge in [-0.2, -0.15) is 0 Å². The average molecular weight is 670 g/mol. The van der Waals surface area contributed by atoms with E-state index in [1.165, 1.54) is 36.5 Å². The van der Waals surface area contributed by atoms with E-state index >= 15 is 0 Å². The quantitative estimate of drug-likeness (QED) is 0.107. The molecule has 4 heterocycles. The van der Waals surface area contributed by atoms with Crippen molar-refractivity contribution in [2.24, 2.45) is 0 Å². The highest BCUT2D eigenvalue weighted by Crippen LogP contribution is 2.02. The Morgan fingerprint density at radius 3 is 1.02 bits per heavy atom. The number of nitrogens with zero attached hydrogens (tertiary/aromatic N) is 3. The van der Waals surface area contributed by atoms with Gasteiger partial charge in [0, 0.05) is 115 Å². The lowest BCUT2D eigenvalue weighted by Crippen LogP contribution is -3.09. The summed E-state index contributed by atoms with van der Waals surface area (Å²) >= 11 is 0. The van der Waals surface area contributed by atoms with Gasteiger partial charge < -0.3 is 31.6 Å². The van der Waals surface area contributed by atoms with Crippen LogP contribution in [0.3, 0.4) is 0 Å². The standard InChI is InChI=1S/C30H39N9O9/c40-25-7-1-4-22(37(25)46)28(43)31-10-13-34-16-18-35(14-11-32-29(44)23-5-2-8-26(41)38(23)47)20-21-36(19-17-34)15-12-33-30(45)24-6-3-9-27(42)39(24)48/h1-9,37-39H,10-21H2,(H,31,43)(H,32,44)(H,33,45). The van der Waals surface area contributed by atoms with E-state index in [1.54, 1.807) is 0 Å². The SMILES string of the molecule is O=C(NCCN1CCN(CCNC(=O)C2=CC=CC(=O)[NH+]2[O-])CCN(CCNC(=O)C2=CC=CC(=O)[NH+]2[O-])CC1)C1=CC=CC(=O)[NH+]1[O-]. The number of hydrogen-bond acceptors (Lipinski definition) is 12. The van der Waals surface area contributed by atoms with Gasteiger partial charge in [0.2, 0.25) is 17.1 Å². The molecular weight excluding hydrogens is 630 g/mol. The Morgan fingerprint density at radius 2 is 0.771 bits per heavy atom. The second-order valence-corrected chi connectivity index (χ2v) is 11.2. The smallest absolute Gasteiger partial charge is 0.342 e. The number of rotatable bonds is 12. The molecular formula is C30H39N9O9. The minimum absolute atomic E-state index is 0.208. The molecule has 18 heteroatoms. The maximum absolute atomic E-state index is 12.5. The third-order valence-electron chi connectivity index (χ3n) is 8.01. The molecule has 0 aromatic carbocycles. The summed E-state index contributed by atoms with van der Waals surface area (Å²) in [6.07, 6.45) is 11.3. The molecule has 0 spiro atoms. The summed E-state index contributed by atoms with van der Waals surface area (Å²) in [6.45, 7) is 5.49. The van der Waals surface area contributed by atoms with Gasteiger partial charge in [-0.05, 0) is 18.2 Å². The Bertz CT molecular complexity index is 1290. The van der Waals surface area contributed by atoms with E-state index in [-0.39, 0.29) is 36.7 Å². The number of amides is 6. The summed E-state index contributed by atoms with van der Waals surface area (Å²) in [5, 5.41) is 41.6. The van der Waals surface area contributed by atoms with E-state index in [2.05, 4.69) is 30.7 Å². The van der Waals surface area contributed by atoms with Crippen LogP contribution in [0.25, 0.3) is 0 Å². The number of carbonyl (C=O) groups is 6. The van der Waals surface area contributed by atoms with Crippen LogP contribution < -0.4 is 31.1 Å². The molecule has 0 aromatic heterocycles. The van der Waals surface area contributed by atoms with Crippen LogP contribution in [0.4, 0.5) is 0 Å². The van der Waals surface area contributed by atoms with Crippen molar-refractivity contribution < 1.29 is 44.0 Å². The summed E-state index contributed by atoms with van der Waals surface area (Å²) in [4.78, 5) is 78.9. The number of nitrogens with one attached hydrogen (secondary N) is 6. The van der Waals surface area contributed by atoms with Gasteiger partial charge in [-0.25, -0.2) is 14.4 Å². The normalized spacial score (nSPS) is 24.2. The van der Waals surface area contributed by atoms with Crippen LogP contribution in [0.15, 0.2) is 71.8 Å². The topological polar surface area (TPSA) is 231 Å². The minimum atomic E-state index is -0.859. The van der Waals surface area contributed by atoms with Crippen LogP contribution in [0.5, 0.6) is 0 Å². The predicted octanol–water partition coefficient (Wildman–Crippen LogP) is -6.66. The summed E-state index contributed by atoms with van der Waals surface area (Å²) in [5.74, 6) is -4.17. The molecule has 6 amide bonds. The van der Waals surface area contributed by atoms with Crippen LogP contribution >= 0.6 is 0 Å². The summed E-state index contributed by atoms with van der Waals surface area (Å²) in [7, 11) is 0. The van der Waals surface area contributed by atoms with Gasteiger partial charge in [0.05, 0.1) is 0 Å². The largest absolute Gasteiger partial charge is 0.621 e. The number of hydrogen-bond donors (Lipinski definition) is 6. The van der Waals surface area contributed by atoms with Gasteiger partial charge in [-0.1, -0.05) is 0 Å². The molecule has 0 aliphatic carbocycles. The van der Waals surface area contributed by atoms with E-state index in [0.29, 0.717) is 58.9 Å². The van der Waals surface area contributed by atoms with Crippen LogP contribution in [0, 0.1) is 15.6 Å². The molecule has 258 valence electrons. The third kappa shape index (κ3) is 10.0. The maximum atomic E-state index is 12.5. The van der Waals surface area contributed by atoms with Crippen molar-refractivity contribution >= 4 is 35.4 Å². The van der Waals surface area contributed by atoms with Crippen LogP contribution in [-0.2, 0) is 28.8 Å². The summed E-state index contributed by atoms with van der Waals surface area (Å²) in [6, 6.07) is 0. The molecule has 1 fully saturated rings. The van der Waals surface area contributed by atoms with Crippen LogP contribution in [-0.4, -0.2) is 129 Å². The lowest BCUT2D eigenvalue weighted by Gasteiger charge is -2.26. The van der Waals surface area contributed by atoms with Gasteiger partial charge in [0.15, 0.2) is 0 Å². The van der Waals surface area contributed by atoms with Gasteiger partial charge in [-0.15, -0.1) is 0 Å². The average Bonchev–Trinajstić information content (AvgIpc) is 3.15.